The number of rotatable bonds is 17. The molecule has 0 aliphatic heterocycles. The molecule has 1 atom stereocenters. The van der Waals surface area contributed by atoms with Gasteiger partial charge < -0.3 is 37.9 Å². The molecule has 0 spiro atoms. The molecule has 10 nitrogen and oxygen atoms in total. The van der Waals surface area contributed by atoms with Gasteiger partial charge in [-0.1, -0.05) is 55.7 Å². The number of hydrogen-bond donors (Lipinski definition) is 0. The van der Waals surface area contributed by atoms with E-state index in [9.17, 15) is 13.0 Å². The Morgan fingerprint density at radius 2 is 0.767 bits per heavy atom. The Labute approximate surface area is 471 Å². The van der Waals surface area contributed by atoms with Gasteiger partial charge in [-0.3, -0.25) is 0 Å². The number of nitrogens with zero attached hydrogens (tertiary/aromatic N) is 3. The maximum Gasteiger partial charge on any atom is 1.00 e. The van der Waals surface area contributed by atoms with Crippen molar-refractivity contribution in [2.75, 3.05) is 38.2 Å². The minimum absolute atomic E-state index is 0. The zero-order valence-electron chi connectivity index (χ0n) is 42.0. The van der Waals surface area contributed by atoms with Gasteiger partial charge in [-0.25, -0.2) is 8.42 Å². The molecule has 0 amide bonds. The summed E-state index contributed by atoms with van der Waals surface area (Å²) in [5, 5.41) is 1.17. The number of ether oxygens (including phenoxy) is 4. The monoisotopic (exact) mass is 1020 g/mol. The van der Waals surface area contributed by atoms with E-state index in [1.54, 1.807) is 28.4 Å². The van der Waals surface area contributed by atoms with Gasteiger partial charge in [0.2, 0.25) is 0 Å². The molecular weight excluding hydrogens is 958 g/mol. The summed E-state index contributed by atoms with van der Waals surface area (Å²) in [6, 6.07) is 62.3. The first-order valence-electron chi connectivity index (χ1n) is 24.5. The minimum Gasteiger partial charge on any atom is -0.748 e. The van der Waals surface area contributed by atoms with Crippen molar-refractivity contribution in [3.63, 3.8) is 0 Å². The topological polar surface area (TPSA) is 106 Å². The fourth-order valence-corrected chi connectivity index (χ4v) is 11.6. The van der Waals surface area contributed by atoms with E-state index in [4.69, 9.17) is 18.9 Å². The number of benzene rings is 8. The Hall–Kier alpha value is -6.09. The van der Waals surface area contributed by atoms with E-state index >= 15 is 0 Å². The molecule has 1 saturated carbocycles. The van der Waals surface area contributed by atoms with E-state index in [2.05, 4.69) is 99.3 Å². The van der Waals surface area contributed by atoms with Crippen molar-refractivity contribution in [2.45, 2.75) is 50.3 Å². The molecule has 1 aromatic heterocycles. The fourth-order valence-electron chi connectivity index (χ4n) is 10.5. The molecule has 1 fully saturated rings. The van der Waals surface area contributed by atoms with Crippen molar-refractivity contribution in [3.05, 3.63) is 182 Å². The van der Waals surface area contributed by atoms with Gasteiger partial charge in [0.05, 0.1) is 43.8 Å². The van der Waals surface area contributed by atoms with Crippen LogP contribution in [0.25, 0.3) is 44.1 Å². The molecule has 0 N–H and O–H groups in total. The Kier molecular flexibility index (Phi) is 16.3. The van der Waals surface area contributed by atoms with Crippen LogP contribution in [-0.2, 0) is 16.7 Å². The second-order valence-corrected chi connectivity index (χ2v) is 20.0. The maximum atomic E-state index is 12.9. The van der Waals surface area contributed by atoms with E-state index in [0.29, 0.717) is 6.54 Å². The van der Waals surface area contributed by atoms with Gasteiger partial charge in [0.25, 0.3) is 0 Å². The Balaban J connectivity index is 0.00000656. The van der Waals surface area contributed by atoms with E-state index in [0.717, 1.165) is 133 Å². The van der Waals surface area contributed by atoms with Crippen molar-refractivity contribution in [3.8, 4) is 45.3 Å². The van der Waals surface area contributed by atoms with E-state index < -0.39 is 15.4 Å². The second-order valence-electron chi connectivity index (χ2n) is 18.4. The SMILES string of the molecule is COc1ccc(N(c2ccc(OC)cc2)c2ccc(-c3ccc4c(c3)c3cc(-c5ccc(N(c6ccc(OC)cc6)c6ccc(OC)cc6)cc5)ccc3n4CCC(C3CCCCC3)S(=O)(=O)[O-])cc2)cc1.[K+]. The summed E-state index contributed by atoms with van der Waals surface area (Å²) in [6.07, 6.45) is 4.82. The molecular formula is C61H58KN3O7S. The van der Waals surface area contributed by atoms with Crippen LogP contribution in [0.5, 0.6) is 23.0 Å². The summed E-state index contributed by atoms with van der Waals surface area (Å²) in [5.74, 6) is 3.01. The zero-order chi connectivity index (χ0) is 49.8. The first-order valence-corrected chi connectivity index (χ1v) is 26.0. The van der Waals surface area contributed by atoms with Crippen molar-refractivity contribution < 1.29 is 83.3 Å². The average Bonchev–Trinajstić information content (AvgIpc) is 3.74. The second kappa shape index (κ2) is 23.0. The minimum atomic E-state index is -4.51. The van der Waals surface area contributed by atoms with Gasteiger partial charge in [0.1, 0.15) is 23.0 Å². The zero-order valence-corrected chi connectivity index (χ0v) is 46.0. The molecule has 1 unspecified atom stereocenters. The summed E-state index contributed by atoms with van der Waals surface area (Å²) in [5.41, 5.74) is 12.1. The van der Waals surface area contributed by atoms with Gasteiger partial charge >= 0.3 is 51.4 Å². The Bertz CT molecular complexity index is 3100. The van der Waals surface area contributed by atoms with Crippen molar-refractivity contribution in [2.24, 2.45) is 5.92 Å². The largest absolute Gasteiger partial charge is 1.00 e. The molecule has 10 rings (SSSR count). The molecule has 12 heteroatoms. The van der Waals surface area contributed by atoms with E-state index in [1.165, 1.54) is 0 Å². The smallest absolute Gasteiger partial charge is 0.748 e. The van der Waals surface area contributed by atoms with Gasteiger partial charge in [-0.2, -0.15) is 0 Å². The molecule has 1 aliphatic carbocycles. The number of fused-ring (bicyclic) bond motifs is 3. The third-order valence-electron chi connectivity index (χ3n) is 14.3. The van der Waals surface area contributed by atoms with Crippen LogP contribution >= 0.6 is 0 Å². The molecule has 0 bridgehead atoms. The molecule has 0 saturated heterocycles. The molecule has 9 aromatic rings. The van der Waals surface area contributed by atoms with Crippen LogP contribution in [0.4, 0.5) is 34.1 Å². The first-order chi connectivity index (χ1) is 35.1. The molecule has 366 valence electrons. The molecule has 1 aliphatic rings. The standard InChI is InChI=1S/C61H59N3O7S.K/c1-68-53-28-20-49(21-29-53)63(50-22-30-54(69-2)31-23-50)47-16-10-42(11-17-47)45-14-36-59-57(40-45)58-41-46(15-37-60(58)62(59)39-38-61(72(65,66)67)44-8-6-5-7-9-44)43-12-18-48(19-13-43)64(51-24-32-55(70-3)33-25-51)52-26-34-56(71-4)35-27-52;/h10-37,40-41,44,61H,5-9,38-39H2,1-4H3,(H,65,66,67);/q;+1/p-1. The van der Waals surface area contributed by atoms with Crippen molar-refractivity contribution in [1.82, 2.24) is 4.57 Å². The van der Waals surface area contributed by atoms with Crippen LogP contribution in [-0.4, -0.2) is 51.2 Å². The van der Waals surface area contributed by atoms with Gasteiger partial charge in [0.15, 0.2) is 0 Å². The van der Waals surface area contributed by atoms with E-state index in [-0.39, 0.29) is 63.7 Å². The number of aromatic nitrogens is 1. The number of methoxy groups -OCH3 is 4. The van der Waals surface area contributed by atoms with Crippen LogP contribution < -0.4 is 80.1 Å². The van der Waals surface area contributed by atoms with Gasteiger partial charge in [-0.15, -0.1) is 0 Å². The first kappa shape index (κ1) is 51.8. The number of aryl methyl sites for hydroxylation is 1. The summed E-state index contributed by atoms with van der Waals surface area (Å²) >= 11 is 0. The van der Waals surface area contributed by atoms with Crippen LogP contribution in [0, 0.1) is 5.92 Å². The molecule has 0 radical (unpaired) electrons. The Morgan fingerprint density at radius 1 is 0.466 bits per heavy atom. The van der Waals surface area contributed by atoms with Gasteiger partial charge in [0, 0.05) is 62.5 Å². The van der Waals surface area contributed by atoms with Crippen molar-refractivity contribution >= 4 is 66.0 Å². The van der Waals surface area contributed by atoms with Crippen LogP contribution in [0.2, 0.25) is 0 Å². The predicted molar refractivity (Wildman–Crippen MR) is 291 cm³/mol. The van der Waals surface area contributed by atoms with Crippen molar-refractivity contribution in [1.29, 1.82) is 0 Å². The normalized spacial score (nSPS) is 13.3. The summed E-state index contributed by atoms with van der Waals surface area (Å²) in [6.45, 7) is 0.407. The van der Waals surface area contributed by atoms with Crippen LogP contribution in [0.15, 0.2) is 182 Å². The third-order valence-corrected chi connectivity index (χ3v) is 15.7. The fraction of sp³-hybridized carbons (Fsp3) is 0.213. The molecule has 1 heterocycles. The van der Waals surface area contributed by atoms with Gasteiger partial charge in [-0.05, 0) is 193 Å². The quantitative estimate of drug-likeness (QED) is 0.0651. The average molecular weight is 1020 g/mol. The maximum absolute atomic E-state index is 12.9. The predicted octanol–water partition coefficient (Wildman–Crippen LogP) is 12.0. The van der Waals surface area contributed by atoms with Crippen LogP contribution in [0.3, 0.4) is 0 Å². The molecule has 8 aromatic carbocycles. The van der Waals surface area contributed by atoms with E-state index in [1.807, 2.05) is 97.1 Å². The Morgan fingerprint density at radius 3 is 1.07 bits per heavy atom. The number of hydrogen-bond acceptors (Lipinski definition) is 9. The van der Waals surface area contributed by atoms with Crippen LogP contribution in [0.1, 0.15) is 38.5 Å². The summed E-state index contributed by atoms with van der Waals surface area (Å²) in [4.78, 5) is 4.40. The summed E-state index contributed by atoms with van der Waals surface area (Å²) in [7, 11) is 2.16. The number of anilines is 6. The third kappa shape index (κ3) is 11.2. The summed E-state index contributed by atoms with van der Waals surface area (Å²) < 4.78 is 62.8. The molecule has 73 heavy (non-hydrogen) atoms.